The van der Waals surface area contributed by atoms with E-state index >= 15 is 0 Å². The maximum Gasteiger partial charge on any atom is 0.153 e. The number of rotatable bonds is 3. The molecule has 1 radical (unpaired) electrons. The normalized spacial score (nSPS) is 8.26. The van der Waals surface area contributed by atoms with E-state index in [1.807, 2.05) is 0 Å². The molecule has 0 aliphatic heterocycles. The fraction of sp³-hybridized carbons (Fsp3) is 0.125. The fourth-order valence-electron chi connectivity index (χ4n) is 1.17. The van der Waals surface area contributed by atoms with E-state index in [2.05, 4.69) is 0 Å². The summed E-state index contributed by atoms with van der Waals surface area (Å²) >= 11 is 0. The third kappa shape index (κ3) is 10.2. The Hall–Kier alpha value is -2.18. The minimum Gasteiger partial charge on any atom is -0.507 e. The van der Waals surface area contributed by atoms with Crippen LogP contribution in [0.1, 0.15) is 20.7 Å². The maximum absolute atomic E-state index is 10.1. The molecule has 0 spiro atoms. The molecule has 125 valence electrons. The van der Waals surface area contributed by atoms with E-state index in [0.717, 1.165) is 0 Å². The van der Waals surface area contributed by atoms with Gasteiger partial charge in [0.05, 0.1) is 11.1 Å². The first-order valence-corrected chi connectivity index (χ1v) is 6.47. The average molecular weight is 359 g/mol. The number of phenols is 2. The zero-order valence-corrected chi connectivity index (χ0v) is 13.6. The van der Waals surface area contributed by atoms with Gasteiger partial charge in [-0.15, -0.1) is 0 Å². The first-order chi connectivity index (χ1) is 10.6. The number of phenolic OH excluding ortho intramolecular Hbond substituents is 2. The minimum atomic E-state index is 0. The molecule has 0 saturated heterocycles. The molecule has 7 heteroatoms. The minimum absolute atomic E-state index is 0. The van der Waals surface area contributed by atoms with Crippen molar-refractivity contribution in [2.45, 2.75) is 0 Å². The molecular formula is C16H20MnN2O4. The van der Waals surface area contributed by atoms with Gasteiger partial charge in [-0.05, 0) is 24.3 Å². The summed E-state index contributed by atoms with van der Waals surface area (Å²) in [6.07, 6.45) is 1.24. The molecule has 0 fully saturated rings. The Morgan fingerprint density at radius 1 is 0.739 bits per heavy atom. The van der Waals surface area contributed by atoms with E-state index in [1.165, 1.54) is 12.1 Å². The van der Waals surface area contributed by atoms with Crippen LogP contribution in [0, 0.1) is 0 Å². The second-order valence-corrected chi connectivity index (χ2v) is 3.93. The number of benzene rings is 2. The van der Waals surface area contributed by atoms with Crippen molar-refractivity contribution < 1.29 is 36.9 Å². The van der Waals surface area contributed by atoms with Crippen LogP contribution in [0.2, 0.25) is 0 Å². The first kappa shape index (κ1) is 23.1. The summed E-state index contributed by atoms with van der Waals surface area (Å²) in [5.74, 6) is 0.0694. The van der Waals surface area contributed by atoms with E-state index in [1.54, 1.807) is 36.4 Å². The van der Waals surface area contributed by atoms with Gasteiger partial charge in [0, 0.05) is 30.2 Å². The van der Waals surface area contributed by atoms with Gasteiger partial charge in [-0.1, -0.05) is 24.3 Å². The molecule has 2 rings (SSSR count). The summed E-state index contributed by atoms with van der Waals surface area (Å²) in [7, 11) is 0. The fourth-order valence-corrected chi connectivity index (χ4v) is 1.17. The summed E-state index contributed by atoms with van der Waals surface area (Å²) in [5.41, 5.74) is 10.5. The molecule has 0 aromatic heterocycles. The van der Waals surface area contributed by atoms with Crippen LogP contribution >= 0.6 is 0 Å². The summed E-state index contributed by atoms with van der Waals surface area (Å²) in [6, 6.07) is 12.8. The number of aromatic hydroxyl groups is 2. The summed E-state index contributed by atoms with van der Waals surface area (Å²) in [4.78, 5) is 20.1. The molecule has 2 aromatic rings. The summed E-state index contributed by atoms with van der Waals surface area (Å²) < 4.78 is 0. The zero-order valence-electron chi connectivity index (χ0n) is 12.4. The molecule has 0 atom stereocenters. The van der Waals surface area contributed by atoms with Crippen LogP contribution in [-0.4, -0.2) is 35.9 Å². The van der Waals surface area contributed by atoms with Crippen molar-refractivity contribution in [1.29, 1.82) is 0 Å². The number of nitrogens with two attached hydrogens (primary N) is 2. The van der Waals surface area contributed by atoms with Crippen molar-refractivity contribution in [3.8, 4) is 11.5 Å². The number of carbonyl (C=O) groups excluding carboxylic acids is 2. The van der Waals surface area contributed by atoms with Crippen LogP contribution in [-0.2, 0) is 17.1 Å². The maximum atomic E-state index is 10.1. The van der Waals surface area contributed by atoms with E-state index in [9.17, 15) is 9.59 Å². The average Bonchev–Trinajstić information content (AvgIpc) is 2.56. The summed E-state index contributed by atoms with van der Waals surface area (Å²) in [6.45, 7) is 1.19. The Bertz CT molecular complexity index is 528. The van der Waals surface area contributed by atoms with Gasteiger partial charge >= 0.3 is 0 Å². The Labute approximate surface area is 145 Å². The van der Waals surface area contributed by atoms with E-state index < -0.39 is 0 Å². The van der Waals surface area contributed by atoms with Crippen molar-refractivity contribution in [3.05, 3.63) is 59.7 Å². The van der Waals surface area contributed by atoms with Crippen molar-refractivity contribution in [1.82, 2.24) is 0 Å². The third-order valence-electron chi connectivity index (χ3n) is 2.29. The Morgan fingerprint density at radius 3 is 1.22 bits per heavy atom. The monoisotopic (exact) mass is 359 g/mol. The number of para-hydroxylation sites is 2. The molecule has 0 aliphatic rings. The number of carbonyl (C=O) groups is 2. The third-order valence-corrected chi connectivity index (χ3v) is 2.29. The largest absolute Gasteiger partial charge is 0.507 e. The van der Waals surface area contributed by atoms with Gasteiger partial charge in [-0.2, -0.15) is 0 Å². The molecule has 0 unspecified atom stereocenters. The van der Waals surface area contributed by atoms with Crippen molar-refractivity contribution in [3.63, 3.8) is 0 Å². The molecule has 0 aliphatic carbocycles. The van der Waals surface area contributed by atoms with Gasteiger partial charge < -0.3 is 21.7 Å². The van der Waals surface area contributed by atoms with Crippen LogP contribution in [0.25, 0.3) is 0 Å². The van der Waals surface area contributed by atoms with Crippen LogP contribution in [0.3, 0.4) is 0 Å². The predicted molar refractivity (Wildman–Crippen MR) is 85.1 cm³/mol. The molecule has 6 N–H and O–H groups in total. The molecule has 0 heterocycles. The van der Waals surface area contributed by atoms with E-state index in [0.29, 0.717) is 36.8 Å². The van der Waals surface area contributed by atoms with E-state index in [4.69, 9.17) is 21.7 Å². The standard InChI is InChI=1S/2C7H6O2.C2H8N2.Mn/c2*8-5-6-3-1-2-4-7(6)9;3-1-2-4;/h2*1-5,9H;1-4H2;. The molecule has 0 amide bonds. The van der Waals surface area contributed by atoms with Crippen LogP contribution in [0.5, 0.6) is 11.5 Å². The summed E-state index contributed by atoms with van der Waals surface area (Å²) in [5, 5.41) is 17.8. The predicted octanol–water partition coefficient (Wildman–Crippen LogP) is 1.31. The topological polar surface area (TPSA) is 127 Å². The van der Waals surface area contributed by atoms with Crippen LogP contribution in [0.4, 0.5) is 0 Å². The zero-order chi connectivity index (χ0) is 16.8. The Morgan fingerprint density at radius 2 is 1.04 bits per heavy atom. The Kier molecular flexibility index (Phi) is 14.8. The Balaban J connectivity index is 0. The number of hydrogen-bond acceptors (Lipinski definition) is 6. The van der Waals surface area contributed by atoms with Crippen molar-refractivity contribution in [2.75, 3.05) is 13.1 Å². The van der Waals surface area contributed by atoms with Crippen LogP contribution in [0.15, 0.2) is 48.5 Å². The first-order valence-electron chi connectivity index (χ1n) is 6.47. The van der Waals surface area contributed by atoms with Gasteiger partial charge in [0.25, 0.3) is 0 Å². The smallest absolute Gasteiger partial charge is 0.153 e. The molecule has 23 heavy (non-hydrogen) atoms. The number of aldehydes is 2. The second kappa shape index (κ2) is 14.7. The van der Waals surface area contributed by atoms with E-state index in [-0.39, 0.29) is 28.6 Å². The van der Waals surface area contributed by atoms with Gasteiger partial charge in [-0.25, -0.2) is 0 Å². The number of hydrogen-bond donors (Lipinski definition) is 4. The quantitative estimate of drug-likeness (QED) is 0.483. The molecular weight excluding hydrogens is 339 g/mol. The molecule has 0 bridgehead atoms. The molecule has 0 saturated carbocycles. The van der Waals surface area contributed by atoms with Gasteiger partial charge in [0.15, 0.2) is 12.6 Å². The van der Waals surface area contributed by atoms with Crippen LogP contribution < -0.4 is 11.5 Å². The van der Waals surface area contributed by atoms with Gasteiger partial charge in [0.2, 0.25) is 0 Å². The second-order valence-electron chi connectivity index (χ2n) is 3.93. The van der Waals surface area contributed by atoms with Gasteiger partial charge in [0.1, 0.15) is 11.5 Å². The molecule has 6 nitrogen and oxygen atoms in total. The molecule has 2 aromatic carbocycles. The van der Waals surface area contributed by atoms with Crippen molar-refractivity contribution >= 4 is 12.6 Å². The SMILES string of the molecule is NCCN.O=Cc1ccccc1O.O=Cc1ccccc1O.[Mn]. The van der Waals surface area contributed by atoms with Gasteiger partial charge in [-0.3, -0.25) is 9.59 Å². The van der Waals surface area contributed by atoms with Crippen molar-refractivity contribution in [2.24, 2.45) is 11.5 Å².